The number of rotatable bonds is 2. The summed E-state index contributed by atoms with van der Waals surface area (Å²) in [5.74, 6) is 0. The zero-order chi connectivity index (χ0) is 12.7. The molecular formula is C14H20O2S. The van der Waals surface area contributed by atoms with E-state index in [9.17, 15) is 0 Å². The van der Waals surface area contributed by atoms with Crippen LogP contribution in [0.25, 0.3) is 0 Å². The Balaban J connectivity index is 2.20. The number of thioether (sulfide) groups is 1. The molecule has 2 rings (SSSR count). The third-order valence-electron chi connectivity index (χ3n) is 3.64. The molecule has 0 aromatic heterocycles. The molecule has 0 spiro atoms. The zero-order valence-corrected chi connectivity index (χ0v) is 11.9. The van der Waals surface area contributed by atoms with E-state index in [1.807, 2.05) is 0 Å². The van der Waals surface area contributed by atoms with Gasteiger partial charge in [-0.3, -0.25) is 0 Å². The van der Waals surface area contributed by atoms with Crippen molar-refractivity contribution in [3.63, 3.8) is 0 Å². The van der Waals surface area contributed by atoms with E-state index in [-0.39, 0.29) is 17.5 Å². The normalized spacial score (nSPS) is 22.9. The van der Waals surface area contributed by atoms with Crippen LogP contribution in [0.15, 0.2) is 29.2 Å². The Hall–Kier alpha value is -0.510. The van der Waals surface area contributed by atoms with Crippen LogP contribution in [0.4, 0.5) is 0 Å². The standard InChI is InChI=1S/C14H20O2S/c1-13(2)14(3,4)16-12(15-13)10-6-8-11(17-5)9-7-10/h6-9,12H,1-5H3. The first-order valence-corrected chi connectivity index (χ1v) is 7.08. The van der Waals surface area contributed by atoms with Gasteiger partial charge in [0.05, 0.1) is 11.2 Å². The minimum absolute atomic E-state index is 0.254. The van der Waals surface area contributed by atoms with E-state index in [0.717, 1.165) is 5.56 Å². The summed E-state index contributed by atoms with van der Waals surface area (Å²) < 4.78 is 12.0. The van der Waals surface area contributed by atoms with Gasteiger partial charge in [0, 0.05) is 10.5 Å². The molecule has 1 saturated heterocycles. The van der Waals surface area contributed by atoms with Crippen LogP contribution >= 0.6 is 11.8 Å². The maximum atomic E-state index is 5.99. The molecule has 0 amide bonds. The van der Waals surface area contributed by atoms with E-state index >= 15 is 0 Å². The first kappa shape index (κ1) is 12.9. The van der Waals surface area contributed by atoms with Crippen LogP contribution < -0.4 is 0 Å². The van der Waals surface area contributed by atoms with Gasteiger partial charge in [0.2, 0.25) is 0 Å². The van der Waals surface area contributed by atoms with Crippen LogP contribution in [-0.4, -0.2) is 17.5 Å². The average molecular weight is 252 g/mol. The Bertz CT molecular complexity index is 379. The highest BCUT2D eigenvalue weighted by molar-refractivity contribution is 7.98. The van der Waals surface area contributed by atoms with E-state index in [1.165, 1.54) is 4.90 Å². The lowest BCUT2D eigenvalue weighted by Crippen LogP contribution is -2.41. The van der Waals surface area contributed by atoms with Gasteiger partial charge in [0.25, 0.3) is 0 Å². The second-order valence-corrected chi connectivity index (χ2v) is 6.24. The first-order chi connectivity index (χ1) is 7.86. The Morgan fingerprint density at radius 3 is 1.82 bits per heavy atom. The summed E-state index contributed by atoms with van der Waals surface area (Å²) in [6.45, 7) is 8.29. The van der Waals surface area contributed by atoms with Gasteiger partial charge in [-0.15, -0.1) is 11.8 Å². The molecule has 3 heteroatoms. The van der Waals surface area contributed by atoms with Crippen molar-refractivity contribution in [1.82, 2.24) is 0 Å². The molecule has 0 bridgehead atoms. The summed E-state index contributed by atoms with van der Waals surface area (Å²) in [6.07, 6.45) is 1.82. The predicted octanol–water partition coefficient (Wildman–Crippen LogP) is 4.01. The average Bonchev–Trinajstić information content (AvgIpc) is 2.48. The summed E-state index contributed by atoms with van der Waals surface area (Å²) in [5, 5.41) is 0. The van der Waals surface area contributed by atoms with Crippen LogP contribution in [0.1, 0.15) is 39.5 Å². The van der Waals surface area contributed by atoms with E-state index in [4.69, 9.17) is 9.47 Å². The topological polar surface area (TPSA) is 18.5 Å². The predicted molar refractivity (Wildman–Crippen MR) is 71.3 cm³/mol. The van der Waals surface area contributed by atoms with Crippen molar-refractivity contribution in [2.45, 2.75) is 50.1 Å². The van der Waals surface area contributed by atoms with Crippen molar-refractivity contribution in [3.8, 4) is 0 Å². The molecule has 0 saturated carbocycles. The Morgan fingerprint density at radius 2 is 1.41 bits per heavy atom. The van der Waals surface area contributed by atoms with E-state index in [2.05, 4.69) is 58.2 Å². The van der Waals surface area contributed by atoms with Crippen LogP contribution in [0.5, 0.6) is 0 Å². The molecule has 0 radical (unpaired) electrons. The molecular weight excluding hydrogens is 232 g/mol. The van der Waals surface area contributed by atoms with E-state index in [1.54, 1.807) is 11.8 Å². The summed E-state index contributed by atoms with van der Waals surface area (Å²) in [5.41, 5.74) is 0.549. The monoisotopic (exact) mass is 252 g/mol. The quantitative estimate of drug-likeness (QED) is 0.741. The van der Waals surface area contributed by atoms with Gasteiger partial charge < -0.3 is 9.47 Å². The fraction of sp³-hybridized carbons (Fsp3) is 0.571. The highest BCUT2D eigenvalue weighted by Crippen LogP contribution is 2.44. The van der Waals surface area contributed by atoms with Crippen LogP contribution in [-0.2, 0) is 9.47 Å². The lowest BCUT2D eigenvalue weighted by atomic mass is 9.90. The van der Waals surface area contributed by atoms with Gasteiger partial charge >= 0.3 is 0 Å². The molecule has 1 fully saturated rings. The SMILES string of the molecule is CSc1ccc(C2OC(C)(C)C(C)(C)O2)cc1. The fourth-order valence-electron chi connectivity index (χ4n) is 1.74. The van der Waals surface area contributed by atoms with Gasteiger partial charge in [-0.1, -0.05) is 12.1 Å². The summed E-state index contributed by atoms with van der Waals surface area (Å²) in [4.78, 5) is 1.25. The fourth-order valence-corrected chi connectivity index (χ4v) is 2.15. The Labute approximate surface area is 108 Å². The molecule has 1 heterocycles. The number of ether oxygens (including phenoxy) is 2. The lowest BCUT2D eigenvalue weighted by molar-refractivity contribution is -0.0895. The number of hydrogen-bond acceptors (Lipinski definition) is 3. The minimum atomic E-state index is -0.268. The van der Waals surface area contributed by atoms with Crippen molar-refractivity contribution in [1.29, 1.82) is 0 Å². The smallest absolute Gasteiger partial charge is 0.185 e. The molecule has 1 aliphatic heterocycles. The lowest BCUT2D eigenvalue weighted by Gasteiger charge is -2.30. The molecule has 1 aliphatic rings. The van der Waals surface area contributed by atoms with Crippen LogP contribution in [0.3, 0.4) is 0 Å². The second kappa shape index (κ2) is 4.30. The van der Waals surface area contributed by atoms with Gasteiger partial charge in [-0.25, -0.2) is 0 Å². The molecule has 0 aliphatic carbocycles. The van der Waals surface area contributed by atoms with Crippen LogP contribution in [0.2, 0.25) is 0 Å². The zero-order valence-electron chi connectivity index (χ0n) is 11.1. The summed E-state index contributed by atoms with van der Waals surface area (Å²) in [7, 11) is 0. The molecule has 0 N–H and O–H groups in total. The molecule has 1 aromatic carbocycles. The maximum absolute atomic E-state index is 5.99. The molecule has 0 atom stereocenters. The van der Waals surface area contributed by atoms with E-state index in [0.29, 0.717) is 0 Å². The van der Waals surface area contributed by atoms with Crippen molar-refractivity contribution < 1.29 is 9.47 Å². The highest BCUT2D eigenvalue weighted by Gasteiger charge is 2.49. The van der Waals surface area contributed by atoms with Gasteiger partial charge in [-0.2, -0.15) is 0 Å². The Morgan fingerprint density at radius 1 is 0.941 bits per heavy atom. The highest BCUT2D eigenvalue weighted by atomic mass is 32.2. The Kier molecular flexibility index (Phi) is 3.27. The van der Waals surface area contributed by atoms with Crippen molar-refractivity contribution in [3.05, 3.63) is 29.8 Å². The van der Waals surface area contributed by atoms with Crippen LogP contribution in [0, 0.1) is 0 Å². The third-order valence-corrected chi connectivity index (χ3v) is 4.38. The first-order valence-electron chi connectivity index (χ1n) is 5.85. The van der Waals surface area contributed by atoms with E-state index < -0.39 is 0 Å². The third kappa shape index (κ3) is 2.37. The maximum Gasteiger partial charge on any atom is 0.185 e. The summed E-state index contributed by atoms with van der Waals surface area (Å²) in [6, 6.07) is 8.36. The van der Waals surface area contributed by atoms with Crippen molar-refractivity contribution >= 4 is 11.8 Å². The molecule has 17 heavy (non-hydrogen) atoms. The number of hydrogen-bond donors (Lipinski definition) is 0. The van der Waals surface area contributed by atoms with Gasteiger partial charge in [0.15, 0.2) is 6.29 Å². The minimum Gasteiger partial charge on any atom is -0.339 e. The second-order valence-electron chi connectivity index (χ2n) is 5.36. The molecule has 2 nitrogen and oxygen atoms in total. The largest absolute Gasteiger partial charge is 0.339 e. The van der Waals surface area contributed by atoms with Crippen molar-refractivity contribution in [2.24, 2.45) is 0 Å². The van der Waals surface area contributed by atoms with Crippen molar-refractivity contribution in [2.75, 3.05) is 6.26 Å². The molecule has 94 valence electrons. The number of benzene rings is 1. The van der Waals surface area contributed by atoms with Gasteiger partial charge in [-0.05, 0) is 46.1 Å². The molecule has 1 aromatic rings. The van der Waals surface area contributed by atoms with Gasteiger partial charge in [0.1, 0.15) is 0 Å². The summed E-state index contributed by atoms with van der Waals surface area (Å²) >= 11 is 1.74. The molecule has 0 unspecified atom stereocenters.